The Morgan fingerprint density at radius 3 is 2.26 bits per heavy atom. The fourth-order valence-electron chi connectivity index (χ4n) is 4.52. The standard InChI is InChI=1S/C32H26ClNO5/c1-21(31(36)23-11-13-25(33)14-12-23)38-32(37)24-19-30(35)34(20-24)26-15-17-27(18-16-26)39-29-10-6-5-9-28(29)22-7-3-2-4-8-22/h2-18,21,24H,19-20H2,1H3/t21-,24-/m1/s1. The zero-order valence-electron chi connectivity index (χ0n) is 21.3. The number of nitrogens with zero attached hydrogens (tertiary/aromatic N) is 1. The predicted molar refractivity (Wildman–Crippen MR) is 150 cm³/mol. The van der Waals surface area contributed by atoms with E-state index in [0.717, 1.165) is 16.9 Å². The summed E-state index contributed by atoms with van der Waals surface area (Å²) in [6.07, 6.45) is -0.957. The molecule has 1 amide bonds. The van der Waals surface area contributed by atoms with E-state index in [1.54, 1.807) is 53.4 Å². The van der Waals surface area contributed by atoms with Crippen LogP contribution in [-0.4, -0.2) is 30.3 Å². The molecule has 0 radical (unpaired) electrons. The van der Waals surface area contributed by atoms with Gasteiger partial charge in [0.15, 0.2) is 6.10 Å². The predicted octanol–water partition coefficient (Wildman–Crippen LogP) is 6.97. The maximum atomic E-state index is 12.8. The number of carbonyl (C=O) groups is 3. The number of hydrogen-bond donors (Lipinski definition) is 0. The Balaban J connectivity index is 1.22. The molecule has 0 aliphatic carbocycles. The van der Waals surface area contributed by atoms with Crippen molar-refractivity contribution in [3.63, 3.8) is 0 Å². The molecule has 1 aliphatic heterocycles. The fraction of sp³-hybridized carbons (Fsp3) is 0.156. The van der Waals surface area contributed by atoms with Crippen LogP contribution in [0.5, 0.6) is 11.5 Å². The van der Waals surface area contributed by atoms with Crippen molar-refractivity contribution in [1.82, 2.24) is 0 Å². The van der Waals surface area contributed by atoms with E-state index >= 15 is 0 Å². The largest absolute Gasteiger partial charge is 0.457 e. The van der Waals surface area contributed by atoms with Gasteiger partial charge >= 0.3 is 5.97 Å². The number of anilines is 1. The third-order valence-electron chi connectivity index (χ3n) is 6.60. The number of halogens is 1. The number of hydrogen-bond acceptors (Lipinski definition) is 5. The maximum absolute atomic E-state index is 12.8. The SMILES string of the molecule is C[C@@H](OC(=O)[C@@H]1CC(=O)N(c2ccc(Oc3ccccc3-c3ccccc3)cc2)C1)C(=O)c1ccc(Cl)cc1. The van der Waals surface area contributed by atoms with Crippen LogP contribution in [0.3, 0.4) is 0 Å². The van der Waals surface area contributed by atoms with Crippen molar-refractivity contribution in [2.75, 3.05) is 11.4 Å². The second-order valence-electron chi connectivity index (χ2n) is 9.31. The lowest BCUT2D eigenvalue weighted by molar-refractivity contribution is -0.151. The number of ketones is 1. The Kier molecular flexibility index (Phi) is 7.75. The second-order valence-corrected chi connectivity index (χ2v) is 9.75. The summed E-state index contributed by atoms with van der Waals surface area (Å²) in [4.78, 5) is 39.7. The highest BCUT2D eigenvalue weighted by atomic mass is 35.5. The van der Waals surface area contributed by atoms with Crippen LogP contribution >= 0.6 is 11.6 Å². The van der Waals surface area contributed by atoms with Gasteiger partial charge in [-0.05, 0) is 67.1 Å². The molecule has 196 valence electrons. The summed E-state index contributed by atoms with van der Waals surface area (Å²) in [7, 11) is 0. The zero-order valence-corrected chi connectivity index (χ0v) is 22.0. The summed E-state index contributed by atoms with van der Waals surface area (Å²) in [6.45, 7) is 1.70. The highest BCUT2D eigenvalue weighted by molar-refractivity contribution is 6.30. The normalized spacial score (nSPS) is 15.6. The molecule has 0 unspecified atom stereocenters. The lowest BCUT2D eigenvalue weighted by atomic mass is 10.0. The van der Waals surface area contributed by atoms with Crippen LogP contribution < -0.4 is 9.64 Å². The highest BCUT2D eigenvalue weighted by Gasteiger charge is 2.37. The number of rotatable bonds is 8. The molecule has 0 N–H and O–H groups in total. The van der Waals surface area contributed by atoms with Gasteiger partial charge in [-0.3, -0.25) is 14.4 Å². The molecular weight excluding hydrogens is 514 g/mol. The Bertz CT molecular complexity index is 1490. The number of carbonyl (C=O) groups excluding carboxylic acids is 3. The van der Waals surface area contributed by atoms with Crippen molar-refractivity contribution in [1.29, 1.82) is 0 Å². The van der Waals surface area contributed by atoms with E-state index in [0.29, 0.717) is 22.0 Å². The van der Waals surface area contributed by atoms with E-state index < -0.39 is 18.0 Å². The summed E-state index contributed by atoms with van der Waals surface area (Å²) in [5.41, 5.74) is 3.08. The van der Waals surface area contributed by atoms with Gasteiger partial charge in [0.05, 0.1) is 5.92 Å². The topological polar surface area (TPSA) is 72.9 Å². The average Bonchev–Trinajstić information content (AvgIpc) is 3.36. The molecule has 7 heteroatoms. The molecule has 39 heavy (non-hydrogen) atoms. The van der Waals surface area contributed by atoms with Gasteiger partial charge in [0.2, 0.25) is 11.7 Å². The molecule has 0 aromatic heterocycles. The van der Waals surface area contributed by atoms with E-state index in [-0.39, 0.29) is 24.7 Å². The van der Waals surface area contributed by atoms with Gasteiger partial charge in [-0.2, -0.15) is 0 Å². The van der Waals surface area contributed by atoms with Crippen LogP contribution in [0.4, 0.5) is 5.69 Å². The van der Waals surface area contributed by atoms with Crippen molar-refractivity contribution in [3.8, 4) is 22.6 Å². The first-order valence-corrected chi connectivity index (χ1v) is 13.0. The van der Waals surface area contributed by atoms with Gasteiger partial charge in [-0.15, -0.1) is 0 Å². The summed E-state index contributed by atoms with van der Waals surface area (Å²) in [6, 6.07) is 31.3. The van der Waals surface area contributed by atoms with Crippen molar-refractivity contribution < 1.29 is 23.9 Å². The third kappa shape index (κ3) is 6.02. The number of amides is 1. The molecule has 1 aliphatic rings. The van der Waals surface area contributed by atoms with Gasteiger partial charge in [0.25, 0.3) is 0 Å². The molecule has 6 nitrogen and oxygen atoms in total. The first kappa shape index (κ1) is 26.2. The molecular formula is C32H26ClNO5. The Labute approximate surface area is 231 Å². The minimum absolute atomic E-state index is 0.0173. The lowest BCUT2D eigenvalue weighted by Crippen LogP contribution is -2.30. The molecule has 4 aromatic carbocycles. The summed E-state index contributed by atoms with van der Waals surface area (Å²) in [5.74, 6) is -0.398. The lowest BCUT2D eigenvalue weighted by Gasteiger charge is -2.18. The van der Waals surface area contributed by atoms with Crippen molar-refractivity contribution >= 4 is 34.9 Å². The van der Waals surface area contributed by atoms with Crippen LogP contribution in [0.1, 0.15) is 23.7 Å². The molecule has 0 saturated carbocycles. The molecule has 1 fully saturated rings. The van der Waals surface area contributed by atoms with E-state index in [1.165, 1.54) is 6.92 Å². The molecule has 0 bridgehead atoms. The van der Waals surface area contributed by atoms with E-state index in [4.69, 9.17) is 21.1 Å². The Morgan fingerprint density at radius 1 is 0.872 bits per heavy atom. The number of Topliss-reactive ketones (excluding diaryl/α,β-unsaturated/α-hetero) is 1. The molecule has 2 atom stereocenters. The highest BCUT2D eigenvalue weighted by Crippen LogP contribution is 2.34. The molecule has 1 heterocycles. The number of benzene rings is 4. The van der Waals surface area contributed by atoms with Gasteiger partial charge in [0.1, 0.15) is 11.5 Å². The molecule has 5 rings (SSSR count). The van der Waals surface area contributed by atoms with E-state index in [2.05, 4.69) is 0 Å². The monoisotopic (exact) mass is 539 g/mol. The third-order valence-corrected chi connectivity index (χ3v) is 6.85. The molecule has 0 spiro atoms. The molecule has 1 saturated heterocycles. The first-order valence-electron chi connectivity index (χ1n) is 12.6. The number of ether oxygens (including phenoxy) is 2. The number of esters is 1. The first-order chi connectivity index (χ1) is 18.9. The van der Waals surface area contributed by atoms with Crippen molar-refractivity contribution in [2.24, 2.45) is 5.92 Å². The fourth-order valence-corrected chi connectivity index (χ4v) is 4.65. The average molecular weight is 540 g/mol. The van der Waals surface area contributed by atoms with Crippen LogP contribution in [0.25, 0.3) is 11.1 Å². The minimum Gasteiger partial charge on any atom is -0.457 e. The Morgan fingerprint density at radius 2 is 1.54 bits per heavy atom. The summed E-state index contributed by atoms with van der Waals surface area (Å²) in [5, 5.41) is 0.511. The van der Waals surface area contributed by atoms with Gasteiger partial charge in [-0.25, -0.2) is 0 Å². The van der Waals surface area contributed by atoms with Gasteiger partial charge in [-0.1, -0.05) is 60.1 Å². The smallest absolute Gasteiger partial charge is 0.312 e. The van der Waals surface area contributed by atoms with Crippen LogP contribution in [0.15, 0.2) is 103 Å². The van der Waals surface area contributed by atoms with Gasteiger partial charge in [0, 0.05) is 34.8 Å². The molecule has 4 aromatic rings. The van der Waals surface area contributed by atoms with Crippen molar-refractivity contribution in [2.45, 2.75) is 19.4 Å². The van der Waals surface area contributed by atoms with Crippen LogP contribution in [0.2, 0.25) is 5.02 Å². The number of para-hydroxylation sites is 1. The summed E-state index contributed by atoms with van der Waals surface area (Å²) < 4.78 is 11.6. The maximum Gasteiger partial charge on any atom is 0.312 e. The zero-order chi connectivity index (χ0) is 27.4. The van der Waals surface area contributed by atoms with Crippen LogP contribution in [-0.2, 0) is 14.3 Å². The van der Waals surface area contributed by atoms with Crippen molar-refractivity contribution in [3.05, 3.63) is 114 Å². The van der Waals surface area contributed by atoms with Gasteiger partial charge < -0.3 is 14.4 Å². The minimum atomic E-state index is -0.974. The summed E-state index contributed by atoms with van der Waals surface area (Å²) >= 11 is 5.88. The Hall–Kier alpha value is -4.42. The quantitative estimate of drug-likeness (QED) is 0.179. The second kappa shape index (κ2) is 11.5. The van der Waals surface area contributed by atoms with Crippen LogP contribution in [0, 0.1) is 5.92 Å². The van der Waals surface area contributed by atoms with E-state index in [9.17, 15) is 14.4 Å². The van der Waals surface area contributed by atoms with E-state index in [1.807, 2.05) is 54.6 Å².